The number of nitrogens with two attached hydrogens (primary N) is 1. The molecule has 0 bridgehead atoms. The molecule has 0 amide bonds. The minimum Gasteiger partial charge on any atom is -0.490 e. The molecule has 2 rings (SSSR count). The summed E-state index contributed by atoms with van der Waals surface area (Å²) in [6.45, 7) is 2.04. The minimum absolute atomic E-state index is 0.248. The molecule has 19 heavy (non-hydrogen) atoms. The Morgan fingerprint density at radius 2 is 2.05 bits per heavy atom. The SMILES string of the molecule is C[C@@H](N)c1cc(F)ccc1OCC1(O)CCCCC1. The zero-order chi connectivity index (χ0) is 13.9. The van der Waals surface area contributed by atoms with Crippen molar-refractivity contribution >= 4 is 0 Å². The van der Waals surface area contributed by atoms with Gasteiger partial charge in [0.1, 0.15) is 18.2 Å². The van der Waals surface area contributed by atoms with Crippen molar-refractivity contribution < 1.29 is 14.2 Å². The minimum atomic E-state index is -0.748. The highest BCUT2D eigenvalue weighted by Crippen LogP contribution is 2.30. The molecular formula is C15H22FNO2. The first-order valence-electron chi connectivity index (χ1n) is 6.90. The van der Waals surface area contributed by atoms with Gasteiger partial charge in [0.25, 0.3) is 0 Å². The van der Waals surface area contributed by atoms with Crippen molar-refractivity contribution in [3.63, 3.8) is 0 Å². The van der Waals surface area contributed by atoms with Crippen LogP contribution in [0.1, 0.15) is 50.6 Å². The summed E-state index contributed by atoms with van der Waals surface area (Å²) in [6, 6.07) is 4.03. The second kappa shape index (κ2) is 5.88. The Balaban J connectivity index is 2.06. The highest BCUT2D eigenvalue weighted by Gasteiger charge is 2.30. The van der Waals surface area contributed by atoms with Gasteiger partial charge < -0.3 is 15.6 Å². The number of hydrogen-bond donors (Lipinski definition) is 2. The van der Waals surface area contributed by atoms with Crippen LogP contribution >= 0.6 is 0 Å². The van der Waals surface area contributed by atoms with E-state index in [0.717, 1.165) is 25.7 Å². The number of ether oxygens (including phenoxy) is 1. The predicted molar refractivity (Wildman–Crippen MR) is 72.5 cm³/mol. The Kier molecular flexibility index (Phi) is 4.42. The summed E-state index contributed by atoms with van der Waals surface area (Å²) in [7, 11) is 0. The third-order valence-electron chi connectivity index (χ3n) is 3.74. The lowest BCUT2D eigenvalue weighted by Crippen LogP contribution is -2.38. The van der Waals surface area contributed by atoms with Gasteiger partial charge in [-0.05, 0) is 38.0 Å². The van der Waals surface area contributed by atoms with E-state index in [2.05, 4.69) is 0 Å². The maximum absolute atomic E-state index is 13.2. The average molecular weight is 267 g/mol. The van der Waals surface area contributed by atoms with Crippen LogP contribution in [0.15, 0.2) is 18.2 Å². The number of benzene rings is 1. The second-order valence-corrected chi connectivity index (χ2v) is 5.54. The Bertz CT molecular complexity index is 428. The van der Waals surface area contributed by atoms with Crippen molar-refractivity contribution in [1.29, 1.82) is 0 Å². The van der Waals surface area contributed by atoms with E-state index in [-0.39, 0.29) is 18.5 Å². The molecule has 0 radical (unpaired) electrons. The summed E-state index contributed by atoms with van der Waals surface area (Å²) in [5.74, 6) is 0.242. The number of rotatable bonds is 4. The van der Waals surface area contributed by atoms with Gasteiger partial charge in [0.15, 0.2) is 0 Å². The fraction of sp³-hybridized carbons (Fsp3) is 0.600. The van der Waals surface area contributed by atoms with Crippen LogP contribution < -0.4 is 10.5 Å². The molecule has 0 saturated heterocycles. The smallest absolute Gasteiger partial charge is 0.124 e. The maximum atomic E-state index is 13.2. The summed E-state index contributed by atoms with van der Waals surface area (Å²) in [6.07, 6.45) is 4.76. The van der Waals surface area contributed by atoms with Crippen LogP contribution in [0.2, 0.25) is 0 Å². The first-order valence-corrected chi connectivity index (χ1v) is 6.90. The van der Waals surface area contributed by atoms with E-state index < -0.39 is 5.60 Å². The fourth-order valence-corrected chi connectivity index (χ4v) is 2.57. The molecule has 4 heteroatoms. The van der Waals surface area contributed by atoms with E-state index >= 15 is 0 Å². The molecule has 0 aromatic heterocycles. The van der Waals surface area contributed by atoms with Gasteiger partial charge >= 0.3 is 0 Å². The molecule has 1 saturated carbocycles. The molecule has 0 heterocycles. The van der Waals surface area contributed by atoms with Gasteiger partial charge in [-0.3, -0.25) is 0 Å². The van der Waals surface area contributed by atoms with Crippen LogP contribution in [-0.4, -0.2) is 17.3 Å². The Hall–Kier alpha value is -1.13. The molecule has 3 N–H and O–H groups in total. The van der Waals surface area contributed by atoms with Crippen molar-refractivity contribution in [2.24, 2.45) is 5.73 Å². The molecule has 1 aromatic carbocycles. The van der Waals surface area contributed by atoms with Crippen LogP contribution in [0.3, 0.4) is 0 Å². The summed E-state index contributed by atoms with van der Waals surface area (Å²) in [5, 5.41) is 10.4. The van der Waals surface area contributed by atoms with Gasteiger partial charge in [-0.15, -0.1) is 0 Å². The molecule has 1 aliphatic carbocycles. The number of aliphatic hydroxyl groups is 1. The second-order valence-electron chi connectivity index (χ2n) is 5.54. The normalized spacial score (nSPS) is 20.0. The largest absolute Gasteiger partial charge is 0.490 e. The van der Waals surface area contributed by atoms with Gasteiger partial charge in [0, 0.05) is 11.6 Å². The molecule has 0 spiro atoms. The first kappa shape index (κ1) is 14.3. The van der Waals surface area contributed by atoms with Gasteiger partial charge in [0.2, 0.25) is 0 Å². The lowest BCUT2D eigenvalue weighted by atomic mass is 9.85. The molecule has 0 unspecified atom stereocenters. The Labute approximate surface area is 113 Å². The number of halogens is 1. The molecule has 1 atom stereocenters. The standard InChI is InChI=1S/C15H22FNO2/c1-11(17)13-9-12(16)5-6-14(13)19-10-15(18)7-3-2-4-8-15/h5-6,9,11,18H,2-4,7-8,10,17H2,1H3/t11-/m1/s1. The Morgan fingerprint density at radius 3 is 2.68 bits per heavy atom. The van der Waals surface area contributed by atoms with Gasteiger partial charge in [0.05, 0.1) is 5.60 Å². The lowest BCUT2D eigenvalue weighted by molar-refractivity contribution is -0.0341. The molecule has 1 aromatic rings. The highest BCUT2D eigenvalue weighted by molar-refractivity contribution is 5.36. The Morgan fingerprint density at radius 1 is 1.37 bits per heavy atom. The van der Waals surface area contributed by atoms with E-state index in [9.17, 15) is 9.50 Å². The zero-order valence-electron chi connectivity index (χ0n) is 11.4. The van der Waals surface area contributed by atoms with Crippen LogP contribution in [0, 0.1) is 5.82 Å². The van der Waals surface area contributed by atoms with Crippen molar-refractivity contribution in [2.45, 2.75) is 50.7 Å². The quantitative estimate of drug-likeness (QED) is 0.882. The van der Waals surface area contributed by atoms with Crippen molar-refractivity contribution in [3.05, 3.63) is 29.6 Å². The van der Waals surface area contributed by atoms with Crippen molar-refractivity contribution in [3.8, 4) is 5.75 Å². The van der Waals surface area contributed by atoms with E-state index in [1.165, 1.54) is 18.6 Å². The van der Waals surface area contributed by atoms with Gasteiger partial charge in [-0.1, -0.05) is 19.3 Å². The summed E-state index contributed by atoms with van der Waals surface area (Å²) in [5.41, 5.74) is 5.71. The number of hydrogen-bond acceptors (Lipinski definition) is 3. The van der Waals surface area contributed by atoms with Gasteiger partial charge in [-0.2, -0.15) is 0 Å². The molecule has 106 valence electrons. The van der Waals surface area contributed by atoms with Crippen LogP contribution in [-0.2, 0) is 0 Å². The van der Waals surface area contributed by atoms with E-state index in [0.29, 0.717) is 11.3 Å². The lowest BCUT2D eigenvalue weighted by Gasteiger charge is -2.32. The van der Waals surface area contributed by atoms with Crippen LogP contribution in [0.4, 0.5) is 4.39 Å². The first-order chi connectivity index (χ1) is 9.00. The monoisotopic (exact) mass is 267 g/mol. The third kappa shape index (κ3) is 3.67. The fourth-order valence-electron chi connectivity index (χ4n) is 2.57. The summed E-state index contributed by atoms with van der Waals surface area (Å²) >= 11 is 0. The average Bonchev–Trinajstić information content (AvgIpc) is 2.38. The maximum Gasteiger partial charge on any atom is 0.124 e. The molecule has 3 nitrogen and oxygen atoms in total. The zero-order valence-corrected chi connectivity index (χ0v) is 11.4. The molecule has 1 aliphatic rings. The van der Waals surface area contributed by atoms with Crippen molar-refractivity contribution in [2.75, 3.05) is 6.61 Å². The predicted octanol–water partition coefficient (Wildman–Crippen LogP) is 2.92. The van der Waals surface area contributed by atoms with Crippen LogP contribution in [0.25, 0.3) is 0 Å². The van der Waals surface area contributed by atoms with Crippen LogP contribution in [0.5, 0.6) is 5.75 Å². The molecular weight excluding hydrogens is 245 g/mol. The summed E-state index contributed by atoms with van der Waals surface area (Å²) in [4.78, 5) is 0. The van der Waals surface area contributed by atoms with E-state index in [1.807, 2.05) is 0 Å². The van der Waals surface area contributed by atoms with Gasteiger partial charge in [-0.25, -0.2) is 4.39 Å². The molecule has 0 aliphatic heterocycles. The highest BCUT2D eigenvalue weighted by atomic mass is 19.1. The van der Waals surface area contributed by atoms with E-state index in [4.69, 9.17) is 10.5 Å². The third-order valence-corrected chi connectivity index (χ3v) is 3.74. The molecule has 1 fully saturated rings. The van der Waals surface area contributed by atoms with E-state index in [1.54, 1.807) is 13.0 Å². The van der Waals surface area contributed by atoms with Crippen molar-refractivity contribution in [1.82, 2.24) is 0 Å². The topological polar surface area (TPSA) is 55.5 Å². The summed E-state index contributed by atoms with van der Waals surface area (Å²) < 4.78 is 18.9.